The summed E-state index contributed by atoms with van der Waals surface area (Å²) in [6.45, 7) is 6.72. The van der Waals surface area contributed by atoms with Gasteiger partial charge in [-0.25, -0.2) is 0 Å². The minimum Gasteiger partial charge on any atom is -0.126 e. The van der Waals surface area contributed by atoms with Crippen LogP contribution >= 0.6 is 43.2 Å². The maximum Gasteiger partial charge on any atom is 0.00723 e. The van der Waals surface area contributed by atoms with Gasteiger partial charge in [-0.05, 0) is 96.8 Å². The molecule has 0 aliphatic carbocycles. The first-order valence-corrected chi connectivity index (χ1v) is 15.5. The van der Waals surface area contributed by atoms with Crippen molar-refractivity contribution in [2.45, 2.75) is 54.7 Å². The van der Waals surface area contributed by atoms with E-state index in [9.17, 15) is 0 Å². The van der Waals surface area contributed by atoms with E-state index in [0.717, 1.165) is 0 Å². The lowest BCUT2D eigenvalue weighted by Crippen LogP contribution is -2.20. The minimum atomic E-state index is -0.550. The van der Waals surface area contributed by atoms with Gasteiger partial charge in [-0.3, -0.25) is 0 Å². The molecule has 3 rings (SSSR count). The van der Waals surface area contributed by atoms with Gasteiger partial charge in [0.15, 0.2) is 0 Å². The zero-order valence-electron chi connectivity index (χ0n) is 18.8. The fourth-order valence-electron chi connectivity index (χ4n) is 3.18. The highest BCUT2D eigenvalue weighted by Crippen LogP contribution is 2.35. The van der Waals surface area contributed by atoms with E-state index in [1.165, 1.54) is 67.1 Å². The van der Waals surface area contributed by atoms with Crippen LogP contribution in [0.2, 0.25) is 0 Å². The lowest BCUT2D eigenvalue weighted by molar-refractivity contribution is 1.10. The van der Waals surface area contributed by atoms with Gasteiger partial charge >= 0.3 is 0 Å². The number of thioether (sulfide) groups is 3. The Labute approximate surface area is 203 Å². The predicted molar refractivity (Wildman–Crippen MR) is 148 cm³/mol. The quantitative estimate of drug-likeness (QED) is 0.189. The maximum absolute atomic E-state index is 2.35. The zero-order chi connectivity index (χ0) is 21.9. The molecule has 0 aromatic heterocycles. The maximum atomic E-state index is 2.35. The lowest BCUT2D eigenvalue weighted by Gasteiger charge is -2.20. The summed E-state index contributed by atoms with van der Waals surface area (Å²) in [4.78, 5) is 4.12. The predicted octanol–water partition coefficient (Wildman–Crippen LogP) is 7.95. The van der Waals surface area contributed by atoms with E-state index in [1.54, 1.807) is 0 Å². The average Bonchev–Trinajstić information content (AvgIpc) is 2.82. The molecule has 0 radical (unpaired) electrons. The van der Waals surface area contributed by atoms with Crippen molar-refractivity contribution in [3.8, 4) is 0 Å². The van der Waals surface area contributed by atoms with Crippen LogP contribution in [-0.4, -0.2) is 17.3 Å². The Morgan fingerprint density at radius 1 is 0.452 bits per heavy atom. The summed E-state index contributed by atoms with van der Waals surface area (Å²) in [6.07, 6.45) is 3.64. The molecule has 0 aliphatic heterocycles. The standard InChI is InChI=1S/C27H33PS3/c1-4-19-29-25-13-7-22(8-14-25)28(23-9-15-26(16-10-23)30-20-5-2)24-11-17-27(18-12-24)31-21-6-3/h7-18H,4-6,19-21H2,1-3H3. The molecular formula is C27H33PS3. The second-order valence-corrected chi connectivity index (χ2v) is 13.1. The molecule has 4 heteroatoms. The van der Waals surface area contributed by atoms with Crippen LogP contribution in [0.1, 0.15) is 40.0 Å². The Hall–Kier alpha value is -0.860. The highest BCUT2D eigenvalue weighted by atomic mass is 32.2. The van der Waals surface area contributed by atoms with Gasteiger partial charge in [-0.1, -0.05) is 57.2 Å². The van der Waals surface area contributed by atoms with Gasteiger partial charge in [-0.2, -0.15) is 0 Å². The molecule has 0 fully saturated rings. The van der Waals surface area contributed by atoms with Gasteiger partial charge in [0, 0.05) is 14.7 Å². The lowest BCUT2D eigenvalue weighted by atomic mass is 10.3. The molecule has 0 saturated heterocycles. The summed E-state index contributed by atoms with van der Waals surface area (Å²) in [5.41, 5.74) is 0. The molecule has 0 aliphatic rings. The van der Waals surface area contributed by atoms with Crippen molar-refractivity contribution in [3.05, 3.63) is 72.8 Å². The van der Waals surface area contributed by atoms with Crippen LogP contribution < -0.4 is 15.9 Å². The van der Waals surface area contributed by atoms with Gasteiger partial charge in [0.25, 0.3) is 0 Å². The molecule has 3 aromatic carbocycles. The molecule has 0 unspecified atom stereocenters. The van der Waals surface area contributed by atoms with Crippen LogP contribution in [0.25, 0.3) is 0 Å². The van der Waals surface area contributed by atoms with Gasteiger partial charge in [0.1, 0.15) is 0 Å². The average molecular weight is 485 g/mol. The second-order valence-electron chi connectivity index (χ2n) is 7.36. The third-order valence-electron chi connectivity index (χ3n) is 4.70. The van der Waals surface area contributed by atoms with Gasteiger partial charge in [0.2, 0.25) is 0 Å². The van der Waals surface area contributed by atoms with E-state index >= 15 is 0 Å². The zero-order valence-corrected chi connectivity index (χ0v) is 22.2. The van der Waals surface area contributed by atoms with Crippen LogP contribution in [-0.2, 0) is 0 Å². The van der Waals surface area contributed by atoms with Crippen LogP contribution in [0.5, 0.6) is 0 Å². The number of rotatable bonds is 12. The molecule has 3 aromatic rings. The first-order chi connectivity index (χ1) is 15.2. The van der Waals surface area contributed by atoms with Crippen molar-refractivity contribution in [3.63, 3.8) is 0 Å². The smallest absolute Gasteiger partial charge is 0.00723 e. The first-order valence-electron chi connectivity index (χ1n) is 11.2. The van der Waals surface area contributed by atoms with Crippen LogP contribution in [0.4, 0.5) is 0 Å². The molecule has 0 heterocycles. The third kappa shape index (κ3) is 7.60. The summed E-state index contributed by atoms with van der Waals surface area (Å²) in [6, 6.07) is 27.9. The molecule has 31 heavy (non-hydrogen) atoms. The van der Waals surface area contributed by atoms with Crippen molar-refractivity contribution >= 4 is 59.1 Å². The van der Waals surface area contributed by atoms with E-state index < -0.39 is 7.92 Å². The molecule has 0 saturated carbocycles. The van der Waals surface area contributed by atoms with Gasteiger partial charge in [0.05, 0.1) is 0 Å². The molecule has 0 atom stereocenters. The number of hydrogen-bond donors (Lipinski definition) is 0. The topological polar surface area (TPSA) is 0 Å². The molecule has 164 valence electrons. The van der Waals surface area contributed by atoms with E-state index in [-0.39, 0.29) is 0 Å². The molecular weight excluding hydrogens is 451 g/mol. The van der Waals surface area contributed by atoms with Crippen molar-refractivity contribution < 1.29 is 0 Å². The normalized spacial score (nSPS) is 11.2. The fraction of sp³-hybridized carbons (Fsp3) is 0.333. The monoisotopic (exact) mass is 484 g/mol. The highest BCUT2D eigenvalue weighted by Gasteiger charge is 2.17. The van der Waals surface area contributed by atoms with Crippen LogP contribution in [0.15, 0.2) is 87.5 Å². The third-order valence-corrected chi connectivity index (χ3v) is 10.8. The molecule has 0 N–H and O–H groups in total. The van der Waals surface area contributed by atoms with Crippen LogP contribution in [0.3, 0.4) is 0 Å². The fourth-order valence-corrected chi connectivity index (χ4v) is 7.72. The molecule has 0 nitrogen and oxygen atoms in total. The van der Waals surface area contributed by atoms with Crippen molar-refractivity contribution in [1.29, 1.82) is 0 Å². The van der Waals surface area contributed by atoms with E-state index in [4.69, 9.17) is 0 Å². The van der Waals surface area contributed by atoms with E-state index in [0.29, 0.717) is 0 Å². The Balaban J connectivity index is 1.90. The van der Waals surface area contributed by atoms with Crippen LogP contribution in [0, 0.1) is 0 Å². The molecule has 0 spiro atoms. The summed E-state index contributed by atoms with van der Waals surface area (Å²) < 4.78 is 0. The van der Waals surface area contributed by atoms with E-state index in [2.05, 4.69) is 93.6 Å². The summed E-state index contributed by atoms with van der Waals surface area (Å²) in [5.74, 6) is 3.55. The van der Waals surface area contributed by atoms with Gasteiger partial charge in [-0.15, -0.1) is 35.3 Å². The number of benzene rings is 3. The summed E-state index contributed by atoms with van der Waals surface area (Å²) in [5, 5.41) is 4.29. The van der Waals surface area contributed by atoms with Crippen molar-refractivity contribution in [2.75, 3.05) is 17.3 Å². The minimum absolute atomic E-state index is 0.550. The molecule has 0 bridgehead atoms. The van der Waals surface area contributed by atoms with Gasteiger partial charge < -0.3 is 0 Å². The Morgan fingerprint density at radius 3 is 0.935 bits per heavy atom. The Kier molecular flexibility index (Phi) is 10.9. The second kappa shape index (κ2) is 13.6. The Bertz CT molecular complexity index is 767. The SMILES string of the molecule is CCCSc1ccc(P(c2ccc(SCCC)cc2)c2ccc(SCCC)cc2)cc1. The van der Waals surface area contributed by atoms with Crippen molar-refractivity contribution in [2.24, 2.45) is 0 Å². The molecule has 0 amide bonds. The summed E-state index contributed by atoms with van der Waals surface area (Å²) >= 11 is 5.86. The first kappa shape index (κ1) is 24.8. The Morgan fingerprint density at radius 2 is 0.710 bits per heavy atom. The summed E-state index contributed by atoms with van der Waals surface area (Å²) in [7, 11) is -0.550. The van der Waals surface area contributed by atoms with Crippen molar-refractivity contribution in [1.82, 2.24) is 0 Å². The van der Waals surface area contributed by atoms with E-state index in [1.807, 2.05) is 35.3 Å². The highest BCUT2D eigenvalue weighted by molar-refractivity contribution is 7.99. The largest absolute Gasteiger partial charge is 0.126 e. The number of hydrogen-bond acceptors (Lipinski definition) is 3.